The zero-order chi connectivity index (χ0) is 24.0. The molecule has 0 aliphatic heterocycles. The standard InChI is InChI=1S/C25H27ClN2O4S/c1-4-24(19-7-5-18(2)6-8-19)27-25(29)17-28(21-11-9-20(26)10-12-21)33(30,31)23-15-13-22(32-3)14-16-23/h5-16,24H,4,17H2,1-3H3,(H,27,29)/t24-/m1/s1. The van der Waals surface area contributed by atoms with Gasteiger partial charge in [-0.15, -0.1) is 0 Å². The van der Waals surface area contributed by atoms with Crippen molar-refractivity contribution < 1.29 is 17.9 Å². The van der Waals surface area contributed by atoms with Crippen LogP contribution in [0.1, 0.15) is 30.5 Å². The van der Waals surface area contributed by atoms with Gasteiger partial charge in [-0.2, -0.15) is 0 Å². The highest BCUT2D eigenvalue weighted by Gasteiger charge is 2.28. The zero-order valence-corrected chi connectivity index (χ0v) is 20.4. The van der Waals surface area contributed by atoms with Crippen molar-refractivity contribution in [3.05, 3.63) is 88.9 Å². The van der Waals surface area contributed by atoms with Crippen molar-refractivity contribution in [3.63, 3.8) is 0 Å². The number of benzene rings is 3. The molecule has 0 radical (unpaired) electrons. The van der Waals surface area contributed by atoms with Crippen LogP contribution in [0.25, 0.3) is 0 Å². The fraction of sp³-hybridized carbons (Fsp3) is 0.240. The van der Waals surface area contributed by atoms with Gasteiger partial charge in [0.1, 0.15) is 12.3 Å². The average Bonchev–Trinajstić information content (AvgIpc) is 2.82. The lowest BCUT2D eigenvalue weighted by Crippen LogP contribution is -2.42. The summed E-state index contributed by atoms with van der Waals surface area (Å²) in [5.41, 5.74) is 2.43. The molecule has 0 saturated heterocycles. The van der Waals surface area contributed by atoms with E-state index in [1.165, 1.54) is 19.2 Å². The first-order valence-corrected chi connectivity index (χ1v) is 12.3. The predicted octanol–water partition coefficient (Wildman–Crippen LogP) is 5.12. The summed E-state index contributed by atoms with van der Waals surface area (Å²) in [5.74, 6) is 0.128. The monoisotopic (exact) mass is 486 g/mol. The van der Waals surface area contributed by atoms with Crippen LogP contribution in [0, 0.1) is 6.92 Å². The van der Waals surface area contributed by atoms with Gasteiger partial charge in [-0.05, 0) is 67.4 Å². The molecule has 174 valence electrons. The molecule has 1 atom stereocenters. The summed E-state index contributed by atoms with van der Waals surface area (Å²) < 4.78 is 33.2. The summed E-state index contributed by atoms with van der Waals surface area (Å²) in [6.45, 7) is 3.59. The largest absolute Gasteiger partial charge is 0.497 e. The van der Waals surface area contributed by atoms with E-state index in [2.05, 4.69) is 5.32 Å². The van der Waals surface area contributed by atoms with E-state index in [0.29, 0.717) is 22.9 Å². The van der Waals surface area contributed by atoms with E-state index in [9.17, 15) is 13.2 Å². The Kier molecular flexibility index (Phi) is 8.00. The highest BCUT2D eigenvalue weighted by molar-refractivity contribution is 7.92. The van der Waals surface area contributed by atoms with Crippen molar-refractivity contribution >= 4 is 33.2 Å². The Hall–Kier alpha value is -3.03. The zero-order valence-electron chi connectivity index (χ0n) is 18.8. The van der Waals surface area contributed by atoms with Gasteiger partial charge in [0.2, 0.25) is 5.91 Å². The van der Waals surface area contributed by atoms with Crippen molar-refractivity contribution in [1.82, 2.24) is 5.32 Å². The predicted molar refractivity (Wildman–Crippen MR) is 131 cm³/mol. The summed E-state index contributed by atoms with van der Waals surface area (Å²) in [5, 5.41) is 3.43. The number of hydrogen-bond acceptors (Lipinski definition) is 4. The van der Waals surface area contributed by atoms with E-state index in [-0.39, 0.29) is 17.5 Å². The number of sulfonamides is 1. The van der Waals surface area contributed by atoms with Crippen molar-refractivity contribution in [2.75, 3.05) is 18.0 Å². The molecule has 6 nitrogen and oxygen atoms in total. The van der Waals surface area contributed by atoms with E-state index in [0.717, 1.165) is 15.4 Å². The van der Waals surface area contributed by atoms with Gasteiger partial charge in [-0.1, -0.05) is 48.4 Å². The van der Waals surface area contributed by atoms with Gasteiger partial charge in [0.05, 0.1) is 23.7 Å². The molecule has 3 aromatic carbocycles. The van der Waals surface area contributed by atoms with Crippen LogP contribution in [-0.2, 0) is 14.8 Å². The number of hydrogen-bond donors (Lipinski definition) is 1. The van der Waals surface area contributed by atoms with Gasteiger partial charge >= 0.3 is 0 Å². The van der Waals surface area contributed by atoms with Crippen LogP contribution in [0.15, 0.2) is 77.7 Å². The molecular formula is C25H27ClN2O4S. The van der Waals surface area contributed by atoms with Crippen LogP contribution < -0.4 is 14.4 Å². The highest BCUT2D eigenvalue weighted by Crippen LogP contribution is 2.26. The second kappa shape index (κ2) is 10.7. The van der Waals surface area contributed by atoms with E-state index in [1.54, 1.807) is 36.4 Å². The van der Waals surface area contributed by atoms with Crippen LogP contribution >= 0.6 is 11.6 Å². The van der Waals surface area contributed by atoms with Gasteiger partial charge in [0.15, 0.2) is 0 Å². The number of nitrogens with one attached hydrogen (secondary N) is 1. The smallest absolute Gasteiger partial charge is 0.264 e. The maximum absolute atomic E-state index is 13.5. The minimum absolute atomic E-state index is 0.0524. The first-order chi connectivity index (χ1) is 15.7. The third-order valence-electron chi connectivity index (χ3n) is 5.27. The van der Waals surface area contributed by atoms with Crippen molar-refractivity contribution in [2.24, 2.45) is 0 Å². The lowest BCUT2D eigenvalue weighted by Gasteiger charge is -2.26. The number of rotatable bonds is 9. The number of ether oxygens (including phenoxy) is 1. The second-order valence-electron chi connectivity index (χ2n) is 7.60. The molecule has 1 N–H and O–H groups in total. The molecular weight excluding hydrogens is 460 g/mol. The number of amides is 1. The maximum atomic E-state index is 13.5. The summed E-state index contributed by atoms with van der Waals surface area (Å²) >= 11 is 5.99. The Labute approximate surface area is 200 Å². The topological polar surface area (TPSA) is 75.7 Å². The Morgan fingerprint density at radius 2 is 1.61 bits per heavy atom. The lowest BCUT2D eigenvalue weighted by atomic mass is 10.0. The molecule has 0 fully saturated rings. The molecule has 0 saturated carbocycles. The Bertz CT molecular complexity index is 1180. The van der Waals surface area contributed by atoms with Crippen LogP contribution in [0.2, 0.25) is 5.02 Å². The molecule has 3 rings (SSSR count). The van der Waals surface area contributed by atoms with Crippen molar-refractivity contribution in [1.29, 1.82) is 0 Å². The fourth-order valence-corrected chi connectivity index (χ4v) is 4.93. The fourth-order valence-electron chi connectivity index (χ4n) is 3.39. The molecule has 0 unspecified atom stereocenters. The van der Waals surface area contributed by atoms with Crippen molar-refractivity contribution in [2.45, 2.75) is 31.2 Å². The summed E-state index contributed by atoms with van der Waals surface area (Å²) in [6, 6.07) is 20.1. The lowest BCUT2D eigenvalue weighted by molar-refractivity contribution is -0.120. The van der Waals surface area contributed by atoms with E-state index in [1.807, 2.05) is 38.1 Å². The van der Waals surface area contributed by atoms with Crippen molar-refractivity contribution in [3.8, 4) is 5.75 Å². The molecule has 0 aliphatic carbocycles. The van der Waals surface area contributed by atoms with Crippen LogP contribution in [0.3, 0.4) is 0 Å². The first kappa shape index (κ1) is 24.6. The minimum Gasteiger partial charge on any atom is -0.497 e. The normalized spacial score (nSPS) is 12.1. The van der Waals surface area contributed by atoms with Crippen LogP contribution in [0.4, 0.5) is 5.69 Å². The average molecular weight is 487 g/mol. The Balaban J connectivity index is 1.89. The van der Waals surface area contributed by atoms with Gasteiger partial charge in [-0.25, -0.2) is 8.42 Å². The molecule has 8 heteroatoms. The third kappa shape index (κ3) is 6.06. The first-order valence-electron chi connectivity index (χ1n) is 10.5. The third-order valence-corrected chi connectivity index (χ3v) is 7.31. The summed E-state index contributed by atoms with van der Waals surface area (Å²) in [4.78, 5) is 13.1. The quantitative estimate of drug-likeness (QED) is 0.455. The number of nitrogens with zero attached hydrogens (tertiary/aromatic N) is 1. The Morgan fingerprint density at radius 3 is 2.15 bits per heavy atom. The maximum Gasteiger partial charge on any atom is 0.264 e. The molecule has 0 spiro atoms. The highest BCUT2D eigenvalue weighted by atomic mass is 35.5. The molecule has 0 heterocycles. The number of methoxy groups -OCH3 is 1. The molecule has 0 aromatic heterocycles. The van der Waals surface area contributed by atoms with E-state index >= 15 is 0 Å². The van der Waals surface area contributed by atoms with Gasteiger partial charge in [0, 0.05) is 5.02 Å². The molecule has 1 amide bonds. The Morgan fingerprint density at radius 1 is 1.00 bits per heavy atom. The van der Waals surface area contributed by atoms with E-state index in [4.69, 9.17) is 16.3 Å². The molecule has 3 aromatic rings. The summed E-state index contributed by atoms with van der Waals surface area (Å²) in [7, 11) is -2.52. The SMILES string of the molecule is CC[C@@H](NC(=O)CN(c1ccc(Cl)cc1)S(=O)(=O)c1ccc(OC)cc1)c1ccc(C)cc1. The number of halogens is 1. The number of carbonyl (C=O) groups is 1. The minimum atomic E-state index is -4.03. The van der Waals surface area contributed by atoms with Gasteiger partial charge < -0.3 is 10.1 Å². The van der Waals surface area contributed by atoms with Gasteiger partial charge in [-0.3, -0.25) is 9.10 Å². The van der Waals surface area contributed by atoms with Crippen LogP contribution in [0.5, 0.6) is 5.75 Å². The summed E-state index contributed by atoms with van der Waals surface area (Å²) in [6.07, 6.45) is 0.668. The second-order valence-corrected chi connectivity index (χ2v) is 9.90. The number of anilines is 1. The molecule has 0 aliphatic rings. The molecule has 0 bridgehead atoms. The number of carbonyl (C=O) groups excluding carboxylic acids is 1. The number of aryl methyl sites for hydroxylation is 1. The van der Waals surface area contributed by atoms with Crippen LogP contribution in [-0.4, -0.2) is 28.0 Å². The van der Waals surface area contributed by atoms with Gasteiger partial charge in [0.25, 0.3) is 10.0 Å². The molecule has 33 heavy (non-hydrogen) atoms. The van der Waals surface area contributed by atoms with E-state index < -0.39 is 15.9 Å².